The number of benzene rings is 1. The molecule has 1 aliphatic carbocycles. The Morgan fingerprint density at radius 1 is 1.12 bits per heavy atom. The molecule has 0 unspecified atom stereocenters. The van der Waals surface area contributed by atoms with Gasteiger partial charge in [-0.2, -0.15) is 0 Å². The summed E-state index contributed by atoms with van der Waals surface area (Å²) in [7, 11) is 1.62. The van der Waals surface area contributed by atoms with Gasteiger partial charge in [0.05, 0.1) is 18.4 Å². The lowest BCUT2D eigenvalue weighted by molar-refractivity contribution is -0.143. The van der Waals surface area contributed by atoms with Crippen LogP contribution in [0.15, 0.2) is 24.3 Å². The number of amides is 3. The van der Waals surface area contributed by atoms with E-state index in [-0.39, 0.29) is 36.1 Å². The van der Waals surface area contributed by atoms with Gasteiger partial charge in [-0.15, -0.1) is 0 Å². The fourth-order valence-corrected chi connectivity index (χ4v) is 3.81. The van der Waals surface area contributed by atoms with Crippen molar-refractivity contribution in [2.75, 3.05) is 13.7 Å². The Morgan fingerprint density at radius 3 is 2.32 bits per heavy atom. The third-order valence-electron chi connectivity index (χ3n) is 5.13. The number of likely N-dealkylation sites (tertiary alicyclic amines) is 1. The first kappa shape index (κ1) is 17.6. The summed E-state index contributed by atoms with van der Waals surface area (Å²) in [5.41, 5.74) is 1.97. The summed E-state index contributed by atoms with van der Waals surface area (Å²) >= 11 is 0. The van der Waals surface area contributed by atoms with Crippen LogP contribution in [0.25, 0.3) is 0 Å². The number of ether oxygens (including phenoxy) is 1. The molecular weight excluding hydrogens is 320 g/mol. The zero-order valence-electron chi connectivity index (χ0n) is 14.5. The predicted molar refractivity (Wildman–Crippen MR) is 91.2 cm³/mol. The number of hydrogen-bond acceptors (Lipinski definition) is 4. The number of carbonyl (C=O) groups excluding carboxylic acids is 3. The quantitative estimate of drug-likeness (QED) is 0.796. The van der Waals surface area contributed by atoms with Crippen LogP contribution in [-0.2, 0) is 32.3 Å². The van der Waals surface area contributed by atoms with Gasteiger partial charge in [-0.25, -0.2) is 0 Å². The molecule has 25 heavy (non-hydrogen) atoms. The third kappa shape index (κ3) is 3.74. The zero-order chi connectivity index (χ0) is 17.8. The van der Waals surface area contributed by atoms with Gasteiger partial charge in [0.25, 0.3) is 0 Å². The Morgan fingerprint density at radius 2 is 1.72 bits per heavy atom. The van der Waals surface area contributed by atoms with E-state index in [0.717, 1.165) is 41.7 Å². The number of fused-ring (bicyclic) bond motifs is 1. The number of imide groups is 1. The molecule has 0 radical (unpaired) electrons. The Balaban J connectivity index is 1.58. The van der Waals surface area contributed by atoms with Crippen LogP contribution in [0.5, 0.6) is 0 Å². The van der Waals surface area contributed by atoms with Crippen molar-refractivity contribution in [1.82, 2.24) is 10.2 Å². The lowest BCUT2D eigenvalue weighted by atomic mass is 9.81. The van der Waals surface area contributed by atoms with Gasteiger partial charge >= 0.3 is 0 Å². The maximum absolute atomic E-state index is 12.4. The van der Waals surface area contributed by atoms with Crippen molar-refractivity contribution in [3.8, 4) is 0 Å². The summed E-state index contributed by atoms with van der Waals surface area (Å²) in [5.74, 6) is -1.09. The fourth-order valence-electron chi connectivity index (χ4n) is 3.81. The molecule has 1 aromatic rings. The van der Waals surface area contributed by atoms with Gasteiger partial charge in [0.1, 0.15) is 6.54 Å². The first-order valence-corrected chi connectivity index (χ1v) is 8.79. The minimum Gasteiger partial charge on any atom is -0.380 e. The van der Waals surface area contributed by atoms with E-state index in [1.54, 1.807) is 7.11 Å². The van der Waals surface area contributed by atoms with E-state index in [4.69, 9.17) is 4.74 Å². The maximum Gasteiger partial charge on any atom is 0.240 e. The highest BCUT2D eigenvalue weighted by Crippen LogP contribution is 2.37. The molecule has 2 atom stereocenters. The Hall–Kier alpha value is -2.21. The molecule has 1 saturated heterocycles. The molecule has 6 heteroatoms. The molecule has 3 amide bonds. The molecule has 1 aromatic carbocycles. The summed E-state index contributed by atoms with van der Waals surface area (Å²) < 4.78 is 5.16. The largest absolute Gasteiger partial charge is 0.380 e. The number of rotatable bonds is 6. The second kappa shape index (κ2) is 7.78. The number of methoxy groups -OCH3 is 1. The van der Waals surface area contributed by atoms with Crippen LogP contribution >= 0.6 is 0 Å². The van der Waals surface area contributed by atoms with E-state index >= 15 is 0 Å². The van der Waals surface area contributed by atoms with Crippen LogP contribution in [-0.4, -0.2) is 36.3 Å². The van der Waals surface area contributed by atoms with E-state index in [0.29, 0.717) is 13.2 Å². The van der Waals surface area contributed by atoms with Crippen LogP contribution < -0.4 is 5.32 Å². The fraction of sp³-hybridized carbons (Fsp3) is 0.526. The normalized spacial score (nSPS) is 22.8. The summed E-state index contributed by atoms with van der Waals surface area (Å²) in [6.07, 6.45) is 3.49. The smallest absolute Gasteiger partial charge is 0.240 e. The van der Waals surface area contributed by atoms with Gasteiger partial charge in [-0.1, -0.05) is 37.1 Å². The van der Waals surface area contributed by atoms with Crippen molar-refractivity contribution < 1.29 is 19.1 Å². The molecular formula is C19H24N2O4. The minimum absolute atomic E-state index is 0.176. The van der Waals surface area contributed by atoms with Gasteiger partial charge in [0.15, 0.2) is 0 Å². The monoisotopic (exact) mass is 344 g/mol. The SMILES string of the molecule is COCc1ccccc1CNC(=O)CN1C(=O)[C@@H]2CCCC[C@H]2C1=O. The lowest BCUT2D eigenvalue weighted by Crippen LogP contribution is -2.40. The molecule has 1 heterocycles. The van der Waals surface area contributed by atoms with Gasteiger partial charge < -0.3 is 10.1 Å². The van der Waals surface area contributed by atoms with E-state index in [9.17, 15) is 14.4 Å². The van der Waals surface area contributed by atoms with E-state index in [2.05, 4.69) is 5.32 Å². The average molecular weight is 344 g/mol. The Bertz CT molecular complexity index is 649. The van der Waals surface area contributed by atoms with Crippen LogP contribution in [0, 0.1) is 11.8 Å². The van der Waals surface area contributed by atoms with Crippen molar-refractivity contribution >= 4 is 17.7 Å². The molecule has 0 aromatic heterocycles. The Kier molecular flexibility index (Phi) is 5.48. The van der Waals surface area contributed by atoms with Crippen molar-refractivity contribution in [1.29, 1.82) is 0 Å². The van der Waals surface area contributed by atoms with Crippen LogP contribution in [0.3, 0.4) is 0 Å². The molecule has 6 nitrogen and oxygen atoms in total. The predicted octanol–water partition coefficient (Wildman–Crippen LogP) is 1.62. The highest BCUT2D eigenvalue weighted by atomic mass is 16.5. The van der Waals surface area contributed by atoms with Gasteiger partial charge in [-0.3, -0.25) is 19.3 Å². The van der Waals surface area contributed by atoms with Crippen LogP contribution in [0.1, 0.15) is 36.8 Å². The molecule has 1 saturated carbocycles. The van der Waals surface area contributed by atoms with Crippen molar-refractivity contribution in [3.05, 3.63) is 35.4 Å². The molecule has 0 spiro atoms. The molecule has 2 fully saturated rings. The summed E-state index contributed by atoms with van der Waals surface area (Å²) in [5, 5.41) is 2.81. The van der Waals surface area contributed by atoms with Gasteiger partial charge in [0, 0.05) is 13.7 Å². The molecule has 3 rings (SSSR count). The third-order valence-corrected chi connectivity index (χ3v) is 5.13. The van der Waals surface area contributed by atoms with E-state index in [1.807, 2.05) is 24.3 Å². The summed E-state index contributed by atoms with van der Waals surface area (Å²) in [6.45, 7) is 0.636. The summed E-state index contributed by atoms with van der Waals surface area (Å²) in [4.78, 5) is 38.2. The first-order chi connectivity index (χ1) is 12.1. The number of nitrogens with one attached hydrogen (secondary N) is 1. The molecule has 2 aliphatic rings. The second-order valence-electron chi connectivity index (χ2n) is 6.74. The van der Waals surface area contributed by atoms with Gasteiger partial charge in [0.2, 0.25) is 17.7 Å². The topological polar surface area (TPSA) is 75.7 Å². The zero-order valence-corrected chi connectivity index (χ0v) is 14.5. The second-order valence-corrected chi connectivity index (χ2v) is 6.74. The standard InChI is InChI=1S/C19H24N2O4/c1-25-12-14-7-3-2-6-13(14)10-20-17(22)11-21-18(23)15-8-4-5-9-16(15)19(21)24/h2-3,6-7,15-16H,4-5,8-12H2,1H3,(H,20,22)/t15-,16-/m1/s1. The summed E-state index contributed by atoms with van der Waals surface area (Å²) in [6, 6.07) is 7.69. The maximum atomic E-state index is 12.4. The van der Waals surface area contributed by atoms with Crippen LogP contribution in [0.2, 0.25) is 0 Å². The molecule has 1 aliphatic heterocycles. The van der Waals surface area contributed by atoms with E-state index in [1.165, 1.54) is 0 Å². The molecule has 134 valence electrons. The van der Waals surface area contributed by atoms with Crippen molar-refractivity contribution in [3.63, 3.8) is 0 Å². The highest BCUT2D eigenvalue weighted by Gasteiger charge is 2.48. The highest BCUT2D eigenvalue weighted by molar-refractivity contribution is 6.07. The molecule has 1 N–H and O–H groups in total. The lowest BCUT2D eigenvalue weighted by Gasteiger charge is -2.19. The van der Waals surface area contributed by atoms with Crippen LogP contribution in [0.4, 0.5) is 0 Å². The van der Waals surface area contributed by atoms with Gasteiger partial charge in [-0.05, 0) is 24.0 Å². The van der Waals surface area contributed by atoms with E-state index < -0.39 is 0 Å². The average Bonchev–Trinajstić information content (AvgIpc) is 2.87. The number of hydrogen-bond donors (Lipinski definition) is 1. The Labute approximate surface area is 147 Å². The molecule has 0 bridgehead atoms. The number of carbonyl (C=O) groups is 3. The first-order valence-electron chi connectivity index (χ1n) is 8.79. The van der Waals surface area contributed by atoms with Crippen molar-refractivity contribution in [2.24, 2.45) is 11.8 Å². The number of nitrogens with zero attached hydrogens (tertiary/aromatic N) is 1. The van der Waals surface area contributed by atoms with Crippen molar-refractivity contribution in [2.45, 2.75) is 38.8 Å². The minimum atomic E-state index is -0.312.